The zero-order chi connectivity index (χ0) is 15.6. The molecule has 1 unspecified atom stereocenters. The van der Waals surface area contributed by atoms with Crippen molar-refractivity contribution >= 4 is 22.6 Å². The Labute approximate surface area is 141 Å². The van der Waals surface area contributed by atoms with Crippen molar-refractivity contribution in [3.8, 4) is 0 Å². The summed E-state index contributed by atoms with van der Waals surface area (Å²) in [5.41, 5.74) is 6.41. The number of fused-ring (bicyclic) bond motifs is 3. The number of hydrogen-bond donors (Lipinski definition) is 2. The fraction of sp³-hybridized carbons (Fsp3) is 0.316. The van der Waals surface area contributed by atoms with Crippen LogP contribution in [0.15, 0.2) is 42.6 Å². The summed E-state index contributed by atoms with van der Waals surface area (Å²) in [6.07, 6.45) is 6.26. The Bertz CT molecular complexity index is 807. The highest BCUT2D eigenvalue weighted by molar-refractivity contribution is 6.30. The highest BCUT2D eigenvalue weighted by Crippen LogP contribution is 2.27. The molecule has 2 aromatic heterocycles. The molecular formula is C19H20ClN3. The predicted molar refractivity (Wildman–Crippen MR) is 95.1 cm³/mol. The van der Waals surface area contributed by atoms with Crippen LogP contribution in [0, 0.1) is 0 Å². The fourth-order valence-corrected chi connectivity index (χ4v) is 3.60. The van der Waals surface area contributed by atoms with Gasteiger partial charge in [0.15, 0.2) is 0 Å². The summed E-state index contributed by atoms with van der Waals surface area (Å²) in [6.45, 7) is 0.997. The lowest BCUT2D eigenvalue weighted by Crippen LogP contribution is -2.35. The van der Waals surface area contributed by atoms with Gasteiger partial charge in [0, 0.05) is 28.5 Å². The van der Waals surface area contributed by atoms with Crippen LogP contribution in [0.1, 0.15) is 23.2 Å². The number of aryl methyl sites for hydroxylation is 1. The van der Waals surface area contributed by atoms with Gasteiger partial charge in [-0.25, -0.2) is 0 Å². The molecule has 1 aromatic carbocycles. The molecule has 2 N–H and O–H groups in total. The second-order valence-corrected chi connectivity index (χ2v) is 6.69. The Morgan fingerprint density at radius 3 is 2.96 bits per heavy atom. The van der Waals surface area contributed by atoms with Crippen molar-refractivity contribution in [2.75, 3.05) is 6.54 Å². The van der Waals surface area contributed by atoms with E-state index in [1.807, 2.05) is 24.4 Å². The number of H-pyrrole nitrogens is 1. The van der Waals surface area contributed by atoms with Crippen molar-refractivity contribution < 1.29 is 0 Å². The van der Waals surface area contributed by atoms with E-state index < -0.39 is 0 Å². The first kappa shape index (κ1) is 14.7. The monoisotopic (exact) mass is 325 g/mol. The van der Waals surface area contributed by atoms with Crippen LogP contribution in [0.5, 0.6) is 0 Å². The van der Waals surface area contributed by atoms with E-state index in [2.05, 4.69) is 33.5 Å². The molecule has 118 valence electrons. The molecular weight excluding hydrogens is 306 g/mol. The third-order valence-electron chi connectivity index (χ3n) is 4.70. The lowest BCUT2D eigenvalue weighted by molar-refractivity contribution is 0.460. The molecule has 4 heteroatoms. The smallest absolute Gasteiger partial charge is 0.0914 e. The maximum atomic E-state index is 5.93. The first-order valence-electron chi connectivity index (χ1n) is 8.22. The van der Waals surface area contributed by atoms with Crippen molar-refractivity contribution in [1.82, 2.24) is 15.3 Å². The standard InChI is InChI=1S/C19H20ClN3/c20-14-5-3-13(4-6-14)9-11-21-15-7-8-17-16(12-15)19-18(23-17)2-1-10-22-19/h1-6,10,15,21,23H,7-9,11-12H2. The van der Waals surface area contributed by atoms with E-state index in [-0.39, 0.29) is 0 Å². The predicted octanol–water partition coefficient (Wildman–Crippen LogP) is 3.91. The number of aromatic amines is 1. The molecule has 1 aliphatic carbocycles. The first-order valence-corrected chi connectivity index (χ1v) is 8.59. The average Bonchev–Trinajstić information content (AvgIpc) is 2.95. The van der Waals surface area contributed by atoms with Crippen molar-refractivity contribution in [1.29, 1.82) is 0 Å². The SMILES string of the molecule is Clc1ccc(CCNC2CCc3[nH]c4cccnc4c3C2)cc1. The molecule has 3 nitrogen and oxygen atoms in total. The van der Waals surface area contributed by atoms with Crippen LogP contribution in [0.25, 0.3) is 11.0 Å². The first-order chi connectivity index (χ1) is 11.3. The maximum absolute atomic E-state index is 5.93. The number of rotatable bonds is 4. The van der Waals surface area contributed by atoms with Gasteiger partial charge in [-0.1, -0.05) is 23.7 Å². The summed E-state index contributed by atoms with van der Waals surface area (Å²) in [5.74, 6) is 0. The third kappa shape index (κ3) is 3.12. The Hall–Kier alpha value is -1.84. The summed E-state index contributed by atoms with van der Waals surface area (Å²) in [5, 5.41) is 4.50. The van der Waals surface area contributed by atoms with E-state index >= 15 is 0 Å². The van der Waals surface area contributed by atoms with E-state index in [9.17, 15) is 0 Å². The molecule has 0 saturated heterocycles. The number of aromatic nitrogens is 2. The van der Waals surface area contributed by atoms with Crippen LogP contribution in [-0.4, -0.2) is 22.6 Å². The Morgan fingerprint density at radius 1 is 1.22 bits per heavy atom. The highest BCUT2D eigenvalue weighted by atomic mass is 35.5. The van der Waals surface area contributed by atoms with Gasteiger partial charge in [-0.15, -0.1) is 0 Å². The molecule has 1 aliphatic rings. The lowest BCUT2D eigenvalue weighted by Gasteiger charge is -2.23. The minimum absolute atomic E-state index is 0.538. The molecule has 0 aliphatic heterocycles. The van der Waals surface area contributed by atoms with E-state index in [0.717, 1.165) is 36.3 Å². The van der Waals surface area contributed by atoms with Gasteiger partial charge in [-0.3, -0.25) is 4.98 Å². The summed E-state index contributed by atoms with van der Waals surface area (Å²) in [7, 11) is 0. The van der Waals surface area contributed by atoms with Crippen molar-refractivity contribution in [3.05, 3.63) is 64.4 Å². The van der Waals surface area contributed by atoms with Gasteiger partial charge in [0.1, 0.15) is 0 Å². The average molecular weight is 326 g/mol. The van der Waals surface area contributed by atoms with Crippen molar-refractivity contribution in [3.63, 3.8) is 0 Å². The fourth-order valence-electron chi connectivity index (χ4n) is 3.47. The molecule has 0 saturated carbocycles. The molecule has 4 rings (SSSR count). The Kier molecular flexibility index (Phi) is 4.06. The second-order valence-electron chi connectivity index (χ2n) is 6.25. The molecule has 0 bridgehead atoms. The van der Waals surface area contributed by atoms with Gasteiger partial charge in [0.2, 0.25) is 0 Å². The molecule has 0 fully saturated rings. The molecule has 0 spiro atoms. The highest BCUT2D eigenvalue weighted by Gasteiger charge is 2.22. The topological polar surface area (TPSA) is 40.7 Å². The molecule has 23 heavy (non-hydrogen) atoms. The van der Waals surface area contributed by atoms with Crippen LogP contribution >= 0.6 is 11.6 Å². The number of benzene rings is 1. The number of halogens is 1. The summed E-state index contributed by atoms with van der Waals surface area (Å²) < 4.78 is 0. The van der Waals surface area contributed by atoms with Crippen LogP contribution in [0.4, 0.5) is 0 Å². The lowest BCUT2D eigenvalue weighted by atomic mass is 9.92. The minimum Gasteiger partial charge on any atom is -0.357 e. The number of nitrogens with one attached hydrogen (secondary N) is 2. The van der Waals surface area contributed by atoms with Gasteiger partial charge in [-0.05, 0) is 62.1 Å². The number of pyridine rings is 1. The van der Waals surface area contributed by atoms with Crippen LogP contribution < -0.4 is 5.32 Å². The van der Waals surface area contributed by atoms with E-state index in [0.29, 0.717) is 6.04 Å². The summed E-state index contributed by atoms with van der Waals surface area (Å²) in [4.78, 5) is 8.07. The van der Waals surface area contributed by atoms with Gasteiger partial charge in [0.25, 0.3) is 0 Å². The normalized spacial score (nSPS) is 17.3. The summed E-state index contributed by atoms with van der Waals surface area (Å²) >= 11 is 5.93. The van der Waals surface area contributed by atoms with E-state index in [1.165, 1.54) is 28.8 Å². The van der Waals surface area contributed by atoms with Crippen molar-refractivity contribution in [2.24, 2.45) is 0 Å². The molecule has 0 radical (unpaired) electrons. The Morgan fingerprint density at radius 2 is 2.09 bits per heavy atom. The molecule has 2 heterocycles. The quantitative estimate of drug-likeness (QED) is 0.763. The van der Waals surface area contributed by atoms with Crippen molar-refractivity contribution in [2.45, 2.75) is 31.7 Å². The van der Waals surface area contributed by atoms with Crippen LogP contribution in [0.2, 0.25) is 5.02 Å². The van der Waals surface area contributed by atoms with Gasteiger partial charge < -0.3 is 10.3 Å². The number of nitrogens with zero attached hydrogens (tertiary/aromatic N) is 1. The molecule has 0 amide bonds. The van der Waals surface area contributed by atoms with Gasteiger partial charge >= 0.3 is 0 Å². The van der Waals surface area contributed by atoms with Gasteiger partial charge in [0.05, 0.1) is 11.0 Å². The zero-order valence-corrected chi connectivity index (χ0v) is 13.7. The molecule has 1 atom stereocenters. The van der Waals surface area contributed by atoms with Crippen LogP contribution in [0.3, 0.4) is 0 Å². The molecule has 3 aromatic rings. The Balaban J connectivity index is 1.39. The maximum Gasteiger partial charge on any atom is 0.0914 e. The van der Waals surface area contributed by atoms with E-state index in [4.69, 9.17) is 11.6 Å². The van der Waals surface area contributed by atoms with E-state index in [1.54, 1.807) is 0 Å². The largest absolute Gasteiger partial charge is 0.357 e. The minimum atomic E-state index is 0.538. The second kappa shape index (κ2) is 6.34. The van der Waals surface area contributed by atoms with Gasteiger partial charge in [-0.2, -0.15) is 0 Å². The van der Waals surface area contributed by atoms with Crippen LogP contribution in [-0.2, 0) is 19.3 Å². The summed E-state index contributed by atoms with van der Waals surface area (Å²) in [6, 6.07) is 12.8. The zero-order valence-electron chi connectivity index (χ0n) is 13.0. The number of hydrogen-bond acceptors (Lipinski definition) is 2. The third-order valence-corrected chi connectivity index (χ3v) is 4.95.